The third-order valence-electron chi connectivity index (χ3n) is 4.08. The van der Waals surface area contributed by atoms with Gasteiger partial charge in [-0.3, -0.25) is 9.59 Å². The van der Waals surface area contributed by atoms with Crippen molar-refractivity contribution in [1.82, 2.24) is 5.32 Å². The minimum absolute atomic E-state index is 0.0697. The van der Waals surface area contributed by atoms with Crippen LogP contribution in [-0.2, 0) is 9.59 Å². The zero-order valence-electron chi connectivity index (χ0n) is 9.61. The lowest BCUT2D eigenvalue weighted by molar-refractivity contribution is -0.141. The van der Waals surface area contributed by atoms with Crippen LogP contribution in [0, 0.1) is 23.7 Å². The van der Waals surface area contributed by atoms with Gasteiger partial charge in [0, 0.05) is 12.5 Å². The number of amides is 1. The Balaban J connectivity index is 1.78. The number of rotatable bonds is 4. The fourth-order valence-electron chi connectivity index (χ4n) is 3.04. The van der Waals surface area contributed by atoms with Gasteiger partial charge in [-0.1, -0.05) is 13.3 Å². The predicted molar refractivity (Wildman–Crippen MR) is 58.7 cm³/mol. The highest BCUT2D eigenvalue weighted by molar-refractivity contribution is 5.80. The normalized spacial score (nSPS) is 33.7. The Hall–Kier alpha value is -1.06. The molecule has 0 aromatic rings. The summed E-state index contributed by atoms with van der Waals surface area (Å²) in [6.07, 6.45) is 4.67. The van der Waals surface area contributed by atoms with Crippen molar-refractivity contribution in [2.45, 2.75) is 32.6 Å². The van der Waals surface area contributed by atoms with Gasteiger partial charge in [0.05, 0.1) is 5.92 Å². The van der Waals surface area contributed by atoms with Crippen LogP contribution in [0.5, 0.6) is 0 Å². The highest BCUT2D eigenvalue weighted by Crippen LogP contribution is 2.48. The monoisotopic (exact) mass is 225 g/mol. The summed E-state index contributed by atoms with van der Waals surface area (Å²) < 4.78 is 0. The van der Waals surface area contributed by atoms with Gasteiger partial charge in [0.15, 0.2) is 0 Å². The summed E-state index contributed by atoms with van der Waals surface area (Å²) in [6, 6.07) is 0. The third kappa shape index (κ3) is 2.20. The first-order valence-corrected chi connectivity index (χ1v) is 6.08. The summed E-state index contributed by atoms with van der Waals surface area (Å²) in [5.41, 5.74) is 0. The van der Waals surface area contributed by atoms with E-state index in [9.17, 15) is 9.59 Å². The molecule has 0 heterocycles. The lowest BCUT2D eigenvalue weighted by Crippen LogP contribution is -2.37. The molecule has 0 radical (unpaired) electrons. The Morgan fingerprint density at radius 3 is 2.62 bits per heavy atom. The maximum Gasteiger partial charge on any atom is 0.308 e. The summed E-state index contributed by atoms with van der Waals surface area (Å²) in [7, 11) is 0. The number of nitrogens with one attached hydrogen (secondary N) is 1. The first kappa shape index (κ1) is 11.4. The van der Waals surface area contributed by atoms with Crippen LogP contribution in [0.25, 0.3) is 0 Å². The molecule has 0 unspecified atom stereocenters. The Morgan fingerprint density at radius 2 is 2.12 bits per heavy atom. The Kier molecular flexibility index (Phi) is 3.17. The van der Waals surface area contributed by atoms with Crippen LogP contribution in [0.15, 0.2) is 0 Å². The number of hydrogen-bond donors (Lipinski definition) is 2. The molecule has 2 saturated carbocycles. The van der Waals surface area contributed by atoms with E-state index in [1.165, 1.54) is 19.3 Å². The number of carbonyl (C=O) groups excluding carboxylic acids is 1. The van der Waals surface area contributed by atoms with Crippen LogP contribution in [-0.4, -0.2) is 23.5 Å². The molecule has 2 fully saturated rings. The van der Waals surface area contributed by atoms with Gasteiger partial charge in [-0.25, -0.2) is 0 Å². The molecule has 2 N–H and O–H groups in total. The number of carboxylic acid groups (broad SMARTS) is 1. The predicted octanol–water partition coefficient (Wildman–Crippen LogP) is 1.26. The Morgan fingerprint density at radius 1 is 1.38 bits per heavy atom. The smallest absolute Gasteiger partial charge is 0.308 e. The van der Waals surface area contributed by atoms with Gasteiger partial charge in [0.25, 0.3) is 0 Å². The van der Waals surface area contributed by atoms with Crippen LogP contribution in [0.2, 0.25) is 0 Å². The van der Waals surface area contributed by atoms with E-state index in [4.69, 9.17) is 5.11 Å². The molecule has 4 atom stereocenters. The molecule has 0 spiro atoms. The van der Waals surface area contributed by atoms with Crippen LogP contribution in [0.1, 0.15) is 32.6 Å². The average Bonchev–Trinajstić information content (AvgIpc) is 2.86. The largest absolute Gasteiger partial charge is 0.481 e. The van der Waals surface area contributed by atoms with Gasteiger partial charge >= 0.3 is 5.97 Å². The SMILES string of the molecule is C[C@H](CNC(=O)[C@@H]1C[C@H]2CC[C@H]1C2)C(=O)O. The molecule has 2 aliphatic carbocycles. The van der Waals surface area contributed by atoms with Crippen LogP contribution in [0.3, 0.4) is 0 Å². The van der Waals surface area contributed by atoms with E-state index >= 15 is 0 Å². The first-order chi connectivity index (χ1) is 7.58. The number of hydrogen-bond acceptors (Lipinski definition) is 2. The molecule has 2 bridgehead atoms. The molecule has 2 rings (SSSR count). The minimum atomic E-state index is -0.853. The highest BCUT2D eigenvalue weighted by Gasteiger charge is 2.42. The second-order valence-electron chi connectivity index (χ2n) is 5.27. The number of aliphatic carboxylic acids is 1. The maximum atomic E-state index is 11.9. The van der Waals surface area contributed by atoms with Gasteiger partial charge in [-0.05, 0) is 31.1 Å². The van der Waals surface area contributed by atoms with Crippen molar-refractivity contribution in [3.63, 3.8) is 0 Å². The maximum absolute atomic E-state index is 11.9. The summed E-state index contributed by atoms with van der Waals surface area (Å²) in [6.45, 7) is 1.87. The first-order valence-electron chi connectivity index (χ1n) is 6.08. The number of carboxylic acids is 1. The molecule has 0 aromatic heterocycles. The van der Waals surface area contributed by atoms with Gasteiger partial charge in [-0.15, -0.1) is 0 Å². The van der Waals surface area contributed by atoms with Crippen molar-refractivity contribution in [2.75, 3.05) is 6.54 Å². The van der Waals surface area contributed by atoms with Crippen molar-refractivity contribution >= 4 is 11.9 Å². The quantitative estimate of drug-likeness (QED) is 0.757. The summed E-state index contributed by atoms with van der Waals surface area (Å²) in [4.78, 5) is 22.5. The van der Waals surface area contributed by atoms with Crippen molar-refractivity contribution in [1.29, 1.82) is 0 Å². The molecule has 4 heteroatoms. The highest BCUT2D eigenvalue weighted by atomic mass is 16.4. The molecule has 4 nitrogen and oxygen atoms in total. The summed E-state index contributed by atoms with van der Waals surface area (Å²) in [5, 5.41) is 11.5. The lowest BCUT2D eigenvalue weighted by atomic mass is 9.88. The van der Waals surface area contributed by atoms with Crippen molar-refractivity contribution in [2.24, 2.45) is 23.7 Å². The van der Waals surface area contributed by atoms with Gasteiger partial charge in [0.2, 0.25) is 5.91 Å². The molecule has 90 valence electrons. The molecular formula is C12H19NO3. The molecule has 0 aromatic carbocycles. The fraction of sp³-hybridized carbons (Fsp3) is 0.833. The van der Waals surface area contributed by atoms with Crippen molar-refractivity contribution in [3.05, 3.63) is 0 Å². The molecule has 1 amide bonds. The fourth-order valence-corrected chi connectivity index (χ4v) is 3.04. The van der Waals surface area contributed by atoms with E-state index < -0.39 is 11.9 Å². The van der Waals surface area contributed by atoms with E-state index in [0.29, 0.717) is 5.92 Å². The van der Waals surface area contributed by atoms with Gasteiger partial charge in [-0.2, -0.15) is 0 Å². The second kappa shape index (κ2) is 4.44. The van der Waals surface area contributed by atoms with E-state index in [0.717, 1.165) is 12.3 Å². The Labute approximate surface area is 95.4 Å². The minimum Gasteiger partial charge on any atom is -0.481 e. The standard InChI is InChI=1S/C12H19NO3/c1-7(12(15)16)6-13-11(14)10-5-8-2-3-9(10)4-8/h7-10H,2-6H2,1H3,(H,13,14)(H,15,16)/t7-,8+,9+,10-/m1/s1. The molecule has 2 aliphatic rings. The van der Waals surface area contributed by atoms with Crippen molar-refractivity contribution in [3.8, 4) is 0 Å². The van der Waals surface area contributed by atoms with E-state index in [1.54, 1.807) is 6.92 Å². The third-order valence-corrected chi connectivity index (χ3v) is 4.08. The lowest BCUT2D eigenvalue weighted by Gasteiger charge is -2.21. The van der Waals surface area contributed by atoms with Gasteiger partial charge in [0.1, 0.15) is 0 Å². The second-order valence-corrected chi connectivity index (χ2v) is 5.27. The number of carbonyl (C=O) groups is 2. The zero-order valence-corrected chi connectivity index (χ0v) is 9.61. The average molecular weight is 225 g/mol. The topological polar surface area (TPSA) is 66.4 Å². The van der Waals surface area contributed by atoms with Crippen LogP contribution < -0.4 is 5.32 Å². The Bertz CT molecular complexity index is 303. The van der Waals surface area contributed by atoms with Crippen LogP contribution >= 0.6 is 0 Å². The molecule has 16 heavy (non-hydrogen) atoms. The van der Waals surface area contributed by atoms with E-state index in [-0.39, 0.29) is 18.4 Å². The van der Waals surface area contributed by atoms with E-state index in [1.807, 2.05) is 0 Å². The molecule has 0 saturated heterocycles. The van der Waals surface area contributed by atoms with Crippen molar-refractivity contribution < 1.29 is 14.7 Å². The molecule has 0 aliphatic heterocycles. The van der Waals surface area contributed by atoms with Gasteiger partial charge < -0.3 is 10.4 Å². The van der Waals surface area contributed by atoms with E-state index in [2.05, 4.69) is 5.32 Å². The summed E-state index contributed by atoms with van der Waals surface area (Å²) >= 11 is 0. The molecular weight excluding hydrogens is 206 g/mol. The summed E-state index contributed by atoms with van der Waals surface area (Å²) in [5.74, 6) is 0.179. The van der Waals surface area contributed by atoms with Crippen LogP contribution in [0.4, 0.5) is 0 Å². The number of fused-ring (bicyclic) bond motifs is 2. The zero-order chi connectivity index (χ0) is 11.7.